The van der Waals surface area contributed by atoms with E-state index in [4.69, 9.17) is 30.9 Å². The number of anilines is 2. The summed E-state index contributed by atoms with van der Waals surface area (Å²) < 4.78 is 20.0. The summed E-state index contributed by atoms with van der Waals surface area (Å²) in [4.78, 5) is 48.0. The Morgan fingerprint density at radius 3 is 1.83 bits per heavy atom. The number of aryl methyl sites for hydroxylation is 4. The number of aromatic nitrogens is 8. The molecule has 3 aromatic carbocycles. The zero-order valence-corrected chi connectivity index (χ0v) is 33.5. The number of ether oxygens (including phenoxy) is 2. The summed E-state index contributed by atoms with van der Waals surface area (Å²) in [5.74, 6) is -0.0141. The number of nitrogens with two attached hydrogens (primary N) is 2. The van der Waals surface area contributed by atoms with Crippen molar-refractivity contribution in [2.45, 2.75) is 71.9 Å². The molecule has 4 aromatic heterocycles. The van der Waals surface area contributed by atoms with Crippen molar-refractivity contribution in [2.75, 3.05) is 23.8 Å². The fourth-order valence-electron chi connectivity index (χ4n) is 8.45. The molecule has 3 atom stereocenters. The van der Waals surface area contributed by atoms with Crippen LogP contribution in [0.3, 0.4) is 0 Å². The number of aliphatic hydroxyl groups excluding tert-OH is 1. The fourth-order valence-corrected chi connectivity index (χ4v) is 8.45. The molecule has 0 radical (unpaired) electrons. The summed E-state index contributed by atoms with van der Waals surface area (Å²) in [6.07, 6.45) is -0.149. The molecule has 0 aliphatic carbocycles. The Labute approximate surface area is 343 Å². The number of nitrogens with one attached hydrogen (secondary N) is 2. The quantitative estimate of drug-likeness (QED) is 0.103. The van der Waals surface area contributed by atoms with Gasteiger partial charge in [0.1, 0.15) is 41.4 Å². The summed E-state index contributed by atoms with van der Waals surface area (Å²) in [5, 5.41) is 26.7. The molecule has 7 aromatic rings. The van der Waals surface area contributed by atoms with E-state index in [-0.39, 0.29) is 42.3 Å². The van der Waals surface area contributed by atoms with Crippen molar-refractivity contribution in [3.8, 4) is 11.5 Å². The minimum atomic E-state index is -1.14. The molecule has 18 nitrogen and oxygen atoms in total. The number of carbonyl (C=O) groups is 3. The predicted molar refractivity (Wildman–Crippen MR) is 221 cm³/mol. The van der Waals surface area contributed by atoms with Crippen molar-refractivity contribution < 1.29 is 29.0 Å². The molecule has 0 fully saturated rings. The van der Waals surface area contributed by atoms with Crippen LogP contribution in [0.4, 0.5) is 11.9 Å². The van der Waals surface area contributed by atoms with E-state index in [1.165, 1.54) is 0 Å². The topological polar surface area (TPSA) is 237 Å². The van der Waals surface area contributed by atoms with E-state index < -0.39 is 18.0 Å². The monoisotopic (exact) mass is 812 g/mol. The van der Waals surface area contributed by atoms with Gasteiger partial charge in [-0.1, -0.05) is 24.3 Å². The zero-order chi connectivity index (χ0) is 42.0. The van der Waals surface area contributed by atoms with Gasteiger partial charge >= 0.3 is 0 Å². The Balaban J connectivity index is 1.07. The summed E-state index contributed by atoms with van der Waals surface area (Å²) in [6, 6.07) is 17.5. The van der Waals surface area contributed by atoms with Crippen molar-refractivity contribution in [3.63, 3.8) is 0 Å². The van der Waals surface area contributed by atoms with E-state index in [1.54, 1.807) is 39.7 Å². The number of nitrogens with zero attached hydrogens (tertiary/aromatic N) is 8. The zero-order valence-electron chi connectivity index (χ0n) is 33.5. The van der Waals surface area contributed by atoms with E-state index in [2.05, 4.69) is 33.0 Å². The van der Waals surface area contributed by atoms with Gasteiger partial charge in [0.15, 0.2) is 6.23 Å². The lowest BCUT2D eigenvalue weighted by molar-refractivity contribution is 0.0991. The van der Waals surface area contributed by atoms with Crippen LogP contribution in [0, 0.1) is 13.8 Å². The molecule has 0 bridgehead atoms. The van der Waals surface area contributed by atoms with Crippen LogP contribution in [0.2, 0.25) is 0 Å². The highest BCUT2D eigenvalue weighted by molar-refractivity contribution is 6.04. The Kier molecular flexibility index (Phi) is 9.50. The minimum Gasteiger partial charge on any atom is -0.489 e. The highest BCUT2D eigenvalue weighted by atomic mass is 16.5. The Morgan fingerprint density at radius 2 is 1.28 bits per heavy atom. The molecule has 308 valence electrons. The molecule has 2 aliphatic heterocycles. The Hall–Kier alpha value is -7.21. The number of carbonyl (C=O) groups excluding carboxylic acids is 3. The van der Waals surface area contributed by atoms with Crippen LogP contribution in [0.1, 0.15) is 91.6 Å². The molecule has 0 saturated heterocycles. The van der Waals surface area contributed by atoms with Crippen molar-refractivity contribution in [2.24, 2.45) is 11.5 Å². The third-order valence-electron chi connectivity index (χ3n) is 11.1. The van der Waals surface area contributed by atoms with Gasteiger partial charge in [-0.3, -0.25) is 33.6 Å². The average Bonchev–Trinajstić information content (AvgIpc) is 4.00. The van der Waals surface area contributed by atoms with E-state index in [0.717, 1.165) is 16.8 Å². The molecular weight excluding hydrogens is 769 g/mol. The molecular formula is C42H44N12O6. The van der Waals surface area contributed by atoms with Gasteiger partial charge in [-0.25, -0.2) is 9.97 Å². The summed E-state index contributed by atoms with van der Waals surface area (Å²) >= 11 is 0. The predicted octanol–water partition coefficient (Wildman–Crippen LogP) is 4.34. The van der Waals surface area contributed by atoms with Gasteiger partial charge in [-0.2, -0.15) is 10.2 Å². The first-order valence-electron chi connectivity index (χ1n) is 19.8. The van der Waals surface area contributed by atoms with Gasteiger partial charge in [-0.05, 0) is 88.1 Å². The Bertz CT molecular complexity index is 2870. The molecule has 0 spiro atoms. The number of rotatable bonds is 13. The second-order valence-electron chi connectivity index (χ2n) is 15.1. The minimum absolute atomic E-state index is 0.216. The van der Waals surface area contributed by atoms with Crippen LogP contribution in [0.15, 0.2) is 60.7 Å². The third kappa shape index (κ3) is 6.63. The van der Waals surface area contributed by atoms with Crippen molar-refractivity contribution in [1.82, 2.24) is 38.7 Å². The lowest BCUT2D eigenvalue weighted by Crippen LogP contribution is -2.29. The maximum Gasteiger partial charge on any atom is 0.276 e. The first kappa shape index (κ1) is 38.3. The van der Waals surface area contributed by atoms with Crippen molar-refractivity contribution in [1.29, 1.82) is 0 Å². The first-order valence-corrected chi connectivity index (χ1v) is 19.8. The molecule has 1 unspecified atom stereocenters. The van der Waals surface area contributed by atoms with E-state index in [0.29, 0.717) is 88.5 Å². The van der Waals surface area contributed by atoms with Crippen molar-refractivity contribution in [3.05, 3.63) is 106 Å². The van der Waals surface area contributed by atoms with Gasteiger partial charge in [-0.15, -0.1) is 0 Å². The number of aliphatic hydroxyl groups is 1. The van der Waals surface area contributed by atoms with Crippen LogP contribution in [0.5, 0.6) is 11.5 Å². The van der Waals surface area contributed by atoms with Gasteiger partial charge in [0.05, 0.1) is 40.2 Å². The maximum absolute atomic E-state index is 13.8. The van der Waals surface area contributed by atoms with E-state index in [1.807, 2.05) is 55.0 Å². The highest BCUT2D eigenvalue weighted by Crippen LogP contribution is 2.41. The van der Waals surface area contributed by atoms with Crippen LogP contribution < -0.4 is 31.6 Å². The Morgan fingerprint density at radius 1 is 0.767 bits per heavy atom. The van der Waals surface area contributed by atoms with Gasteiger partial charge in [0.25, 0.3) is 5.91 Å². The van der Waals surface area contributed by atoms with E-state index >= 15 is 0 Å². The van der Waals surface area contributed by atoms with Crippen LogP contribution in [0.25, 0.3) is 22.1 Å². The van der Waals surface area contributed by atoms with Crippen LogP contribution in [-0.4, -0.2) is 74.7 Å². The maximum atomic E-state index is 13.8. The molecule has 60 heavy (non-hydrogen) atoms. The molecule has 9 rings (SSSR count). The molecule has 7 N–H and O–H groups in total. The third-order valence-corrected chi connectivity index (χ3v) is 11.1. The highest BCUT2D eigenvalue weighted by Gasteiger charge is 2.33. The lowest BCUT2D eigenvalue weighted by atomic mass is 9.94. The fraction of sp³-hybridized carbons (Fsp3) is 0.310. The number of hydrogen-bond acceptors (Lipinski definition) is 11. The van der Waals surface area contributed by atoms with Gasteiger partial charge in [0.2, 0.25) is 23.7 Å². The largest absolute Gasteiger partial charge is 0.489 e. The smallest absolute Gasteiger partial charge is 0.276 e. The first-order chi connectivity index (χ1) is 28.9. The van der Waals surface area contributed by atoms with Crippen LogP contribution in [-0.2, 0) is 25.9 Å². The number of benzene rings is 3. The number of amides is 3. The van der Waals surface area contributed by atoms with Gasteiger partial charge < -0.3 is 35.9 Å². The van der Waals surface area contributed by atoms with Crippen LogP contribution >= 0.6 is 0 Å². The second-order valence-corrected chi connectivity index (χ2v) is 15.1. The second kappa shape index (κ2) is 14.9. The average molecular weight is 813 g/mol. The standard InChI is InChI=1S/C42H44N12O6/c1-5-51-31(11-21(3)49-51)39(57)47-41-45-29-15-25(37(43)55)17-33-35(29)53(41)27(19-59-33)13-23-9-7-8-10-24(23)14-28-20-60-34-18-26(38(44)56)16-30-36(34)54(28)42(46-30)48-40(58)32-12-22(4)50-52(32)6-2/h7-12,15-18,27-28,39,57H,5-6,13-14,19-20H2,1-4H3,(H2,43,55)(H2,44,56)(H,45,47)(H,46,48,58)/t27-,28-,39?/m0/s1. The summed E-state index contributed by atoms with van der Waals surface area (Å²) in [7, 11) is 0. The molecule has 3 amide bonds. The molecule has 2 aliphatic rings. The molecule has 18 heteroatoms. The summed E-state index contributed by atoms with van der Waals surface area (Å²) in [6.45, 7) is 9.08. The van der Waals surface area contributed by atoms with E-state index in [9.17, 15) is 19.5 Å². The van der Waals surface area contributed by atoms with Crippen molar-refractivity contribution >= 4 is 51.7 Å². The molecule has 0 saturated carbocycles. The summed E-state index contributed by atoms with van der Waals surface area (Å²) in [5.41, 5.74) is 18.6. The molecule has 6 heterocycles. The van der Waals surface area contributed by atoms with Gasteiger partial charge in [0, 0.05) is 24.2 Å². The number of imidazole rings is 2. The number of primary amides is 2. The SMILES string of the molecule is CCn1nc(C)cc1C(=O)Nc1nc2cc(C(N)=O)cc3c2n1[C@@H](Cc1ccccc1C[C@H]1COc2cc(C(N)=O)cc4nc(NC(O)c5cc(C)nn5CC)n1c24)CO3. The number of hydrogen-bond donors (Lipinski definition) is 5. The lowest BCUT2D eigenvalue weighted by Gasteiger charge is -2.30. The normalized spacial score (nSPS) is 16.1.